The van der Waals surface area contributed by atoms with Crippen molar-refractivity contribution >= 4 is 13.5 Å². The predicted molar refractivity (Wildman–Crippen MR) is 73.9 cm³/mol. The van der Waals surface area contributed by atoms with Crippen molar-refractivity contribution in [2.24, 2.45) is 0 Å². The summed E-state index contributed by atoms with van der Waals surface area (Å²) in [5.41, 5.74) is -0.899. The summed E-state index contributed by atoms with van der Waals surface area (Å²) in [4.78, 5) is 14.0. The van der Waals surface area contributed by atoms with Gasteiger partial charge in [0.25, 0.3) is 0 Å². The topological polar surface area (TPSA) is 74.3 Å². The lowest BCUT2D eigenvalue weighted by Crippen LogP contribution is -2.33. The van der Waals surface area contributed by atoms with Gasteiger partial charge in [-0.25, -0.2) is 0 Å². The van der Waals surface area contributed by atoms with Crippen molar-refractivity contribution in [1.29, 1.82) is 0 Å². The van der Waals surface area contributed by atoms with Crippen LogP contribution in [-0.4, -0.2) is 69.7 Å². The van der Waals surface area contributed by atoms with E-state index in [0.717, 1.165) is 0 Å². The third-order valence-corrected chi connectivity index (χ3v) is 5.62. The molecule has 0 aromatic heterocycles. The van der Waals surface area contributed by atoms with Gasteiger partial charge in [0, 0.05) is 27.3 Å². The molecule has 1 aliphatic heterocycles. The summed E-state index contributed by atoms with van der Waals surface area (Å²) in [6, 6.07) is 0. The zero-order valence-corrected chi connectivity index (χ0v) is 13.4. The van der Waals surface area contributed by atoms with Crippen molar-refractivity contribution in [3.05, 3.63) is 0 Å². The van der Waals surface area contributed by atoms with E-state index in [1.165, 1.54) is 7.11 Å². The number of carbonyl (C=O) groups is 1. The highest BCUT2D eigenvalue weighted by molar-refractivity contribution is 7.55. The molecule has 0 aromatic carbocycles. The van der Waals surface area contributed by atoms with Crippen molar-refractivity contribution in [3.8, 4) is 0 Å². The molecule has 0 aliphatic carbocycles. The van der Waals surface area contributed by atoms with Gasteiger partial charge in [-0.3, -0.25) is 9.36 Å². The molecule has 2 atom stereocenters. The van der Waals surface area contributed by atoms with E-state index in [2.05, 4.69) is 0 Å². The quantitative estimate of drug-likeness (QED) is 0.594. The average Bonchev–Trinajstić information content (AvgIpc) is 2.74. The van der Waals surface area contributed by atoms with Gasteiger partial charge in [-0.2, -0.15) is 0 Å². The summed E-state index contributed by atoms with van der Waals surface area (Å²) in [5.74, 6) is -0.265. The number of likely N-dealkylation sites (tertiary alicyclic amines) is 1. The predicted octanol–water partition coefficient (Wildman–Crippen LogP) is 1.12. The summed E-state index contributed by atoms with van der Waals surface area (Å²) in [7, 11) is -0.463. The van der Waals surface area contributed by atoms with E-state index in [9.17, 15) is 9.36 Å². The van der Waals surface area contributed by atoms with E-state index in [1.807, 2.05) is 0 Å². The van der Waals surface area contributed by atoms with E-state index in [1.54, 1.807) is 25.9 Å². The average molecular weight is 309 g/mol. The Balaban J connectivity index is 2.93. The van der Waals surface area contributed by atoms with Crippen LogP contribution in [0.2, 0.25) is 0 Å². The van der Waals surface area contributed by atoms with E-state index in [0.29, 0.717) is 19.7 Å². The van der Waals surface area contributed by atoms with Crippen LogP contribution in [0, 0.1) is 0 Å². The molecule has 0 N–H and O–H groups in total. The highest BCUT2D eigenvalue weighted by Gasteiger charge is 2.53. The van der Waals surface area contributed by atoms with Crippen LogP contribution in [0.5, 0.6) is 0 Å². The molecule has 118 valence electrons. The Kier molecular flexibility index (Phi) is 7.12. The van der Waals surface area contributed by atoms with Gasteiger partial charge in [-0.1, -0.05) is 0 Å². The minimum absolute atomic E-state index is 0.218. The SMILES string of the molecule is CCOP(=O)(OCC)[C@H]1C(=O)N(CCOC)C[C@@H]1OC. The summed E-state index contributed by atoms with van der Waals surface area (Å²) in [6.07, 6.45) is -0.497. The van der Waals surface area contributed by atoms with Crippen molar-refractivity contribution in [1.82, 2.24) is 4.90 Å². The largest absolute Gasteiger partial charge is 0.383 e. The number of ether oxygens (including phenoxy) is 2. The van der Waals surface area contributed by atoms with Crippen LogP contribution in [-0.2, 0) is 27.9 Å². The van der Waals surface area contributed by atoms with Gasteiger partial charge in [0.05, 0.1) is 25.9 Å². The van der Waals surface area contributed by atoms with Crippen molar-refractivity contribution in [2.45, 2.75) is 25.6 Å². The third-order valence-electron chi connectivity index (χ3n) is 3.14. The number of hydrogen-bond donors (Lipinski definition) is 0. The molecular formula is C12H24NO6P. The van der Waals surface area contributed by atoms with Crippen LogP contribution in [0.4, 0.5) is 0 Å². The van der Waals surface area contributed by atoms with E-state index < -0.39 is 19.4 Å². The Morgan fingerprint density at radius 1 is 1.25 bits per heavy atom. The van der Waals surface area contributed by atoms with Gasteiger partial charge in [-0.15, -0.1) is 0 Å². The second-order valence-electron chi connectivity index (χ2n) is 4.37. The van der Waals surface area contributed by atoms with Crippen molar-refractivity contribution in [2.75, 3.05) is 47.1 Å². The molecule has 0 saturated carbocycles. The molecular weight excluding hydrogens is 285 g/mol. The smallest absolute Gasteiger partial charge is 0.345 e. The first-order chi connectivity index (χ1) is 9.53. The molecule has 20 heavy (non-hydrogen) atoms. The molecule has 7 nitrogen and oxygen atoms in total. The molecule has 0 radical (unpaired) electrons. The molecule has 0 bridgehead atoms. The lowest BCUT2D eigenvalue weighted by molar-refractivity contribution is -0.128. The fourth-order valence-corrected chi connectivity index (χ4v) is 4.43. The van der Waals surface area contributed by atoms with Crippen LogP contribution < -0.4 is 0 Å². The normalized spacial score (nSPS) is 23.6. The zero-order valence-electron chi connectivity index (χ0n) is 12.5. The minimum Gasteiger partial charge on any atom is -0.383 e. The lowest BCUT2D eigenvalue weighted by Gasteiger charge is -2.24. The van der Waals surface area contributed by atoms with Gasteiger partial charge < -0.3 is 23.4 Å². The monoisotopic (exact) mass is 309 g/mol. The Morgan fingerprint density at radius 2 is 1.85 bits per heavy atom. The summed E-state index contributed by atoms with van der Waals surface area (Å²) < 4.78 is 33.7. The van der Waals surface area contributed by atoms with Crippen LogP contribution in [0.1, 0.15) is 13.8 Å². The summed E-state index contributed by atoms with van der Waals surface area (Å²) in [5, 5.41) is 0. The Bertz CT molecular complexity index is 354. The lowest BCUT2D eigenvalue weighted by atomic mass is 10.3. The maximum atomic E-state index is 12.8. The Morgan fingerprint density at radius 3 is 2.30 bits per heavy atom. The standard InChI is InChI=1S/C12H24NO6P/c1-5-18-20(15,19-6-2)11-10(17-4)9-13(12(11)14)7-8-16-3/h10-11H,5-9H2,1-4H3/t10-,11+/m0/s1. The highest BCUT2D eigenvalue weighted by atomic mass is 31.2. The van der Waals surface area contributed by atoms with Crippen LogP contribution in [0.3, 0.4) is 0 Å². The van der Waals surface area contributed by atoms with Gasteiger partial charge in [0.2, 0.25) is 5.91 Å². The minimum atomic E-state index is -3.52. The summed E-state index contributed by atoms with van der Waals surface area (Å²) >= 11 is 0. The molecule has 1 aliphatic rings. The molecule has 1 amide bonds. The zero-order chi connectivity index (χ0) is 15.2. The fourth-order valence-electron chi connectivity index (χ4n) is 2.26. The number of hydrogen-bond acceptors (Lipinski definition) is 6. The maximum absolute atomic E-state index is 12.8. The number of nitrogens with zero attached hydrogens (tertiary/aromatic N) is 1. The van der Waals surface area contributed by atoms with Crippen LogP contribution in [0.25, 0.3) is 0 Å². The second kappa shape index (κ2) is 8.10. The van der Waals surface area contributed by atoms with Crippen LogP contribution in [0.15, 0.2) is 0 Å². The highest BCUT2D eigenvalue weighted by Crippen LogP contribution is 2.56. The molecule has 1 heterocycles. The number of amides is 1. The Labute approximate surface area is 120 Å². The first kappa shape index (κ1) is 17.6. The van der Waals surface area contributed by atoms with Crippen molar-refractivity contribution < 1.29 is 27.9 Å². The fraction of sp³-hybridized carbons (Fsp3) is 0.917. The molecule has 0 spiro atoms. The Hall–Kier alpha value is -0.460. The van der Waals surface area contributed by atoms with Crippen LogP contribution >= 0.6 is 7.60 Å². The molecule has 1 saturated heterocycles. The van der Waals surface area contributed by atoms with E-state index >= 15 is 0 Å². The van der Waals surface area contributed by atoms with Gasteiger partial charge >= 0.3 is 7.60 Å². The molecule has 0 unspecified atom stereocenters. The number of rotatable bonds is 9. The van der Waals surface area contributed by atoms with Gasteiger partial charge in [-0.05, 0) is 13.8 Å². The maximum Gasteiger partial charge on any atom is 0.345 e. The van der Waals surface area contributed by atoms with E-state index in [4.69, 9.17) is 18.5 Å². The first-order valence-electron chi connectivity index (χ1n) is 6.73. The second-order valence-corrected chi connectivity index (χ2v) is 6.52. The summed E-state index contributed by atoms with van der Waals surface area (Å²) in [6.45, 7) is 5.09. The van der Waals surface area contributed by atoms with Gasteiger partial charge in [0.1, 0.15) is 0 Å². The molecule has 1 fully saturated rings. The number of methoxy groups -OCH3 is 2. The number of carbonyl (C=O) groups excluding carboxylic acids is 1. The van der Waals surface area contributed by atoms with Gasteiger partial charge in [0.15, 0.2) is 5.66 Å². The molecule has 1 rings (SSSR count). The van der Waals surface area contributed by atoms with E-state index in [-0.39, 0.29) is 19.1 Å². The third kappa shape index (κ3) is 3.80. The molecule has 8 heteroatoms. The first-order valence-corrected chi connectivity index (χ1v) is 8.34. The van der Waals surface area contributed by atoms with Crippen molar-refractivity contribution in [3.63, 3.8) is 0 Å². The molecule has 0 aromatic rings.